The summed E-state index contributed by atoms with van der Waals surface area (Å²) in [5, 5.41) is 5.56. The van der Waals surface area contributed by atoms with E-state index in [1.54, 1.807) is 0 Å². The standard InChI is InChI=1S/C17H27N3O2/c1-6-20(7-2)14(5)17(22)18-11-15(21)19-16-12(3)9-8-10-13(16)4/h8-10,14H,6-7,11H2,1-5H3,(H,18,22)(H,19,21). The summed E-state index contributed by atoms with van der Waals surface area (Å²) in [6.45, 7) is 11.4. The molecule has 1 unspecified atom stereocenters. The summed E-state index contributed by atoms with van der Waals surface area (Å²) in [4.78, 5) is 26.1. The van der Waals surface area contributed by atoms with Gasteiger partial charge in [-0.2, -0.15) is 0 Å². The van der Waals surface area contributed by atoms with Crippen molar-refractivity contribution in [2.75, 3.05) is 25.0 Å². The first-order valence-electron chi connectivity index (χ1n) is 7.78. The van der Waals surface area contributed by atoms with E-state index in [1.807, 2.05) is 57.7 Å². The van der Waals surface area contributed by atoms with Crippen LogP contribution in [0.2, 0.25) is 0 Å². The van der Waals surface area contributed by atoms with E-state index >= 15 is 0 Å². The summed E-state index contributed by atoms with van der Waals surface area (Å²) >= 11 is 0. The van der Waals surface area contributed by atoms with Crippen molar-refractivity contribution in [3.63, 3.8) is 0 Å². The Bertz CT molecular complexity index is 504. The molecular formula is C17H27N3O2. The van der Waals surface area contributed by atoms with Crippen LogP contribution in [0.15, 0.2) is 18.2 Å². The van der Waals surface area contributed by atoms with Gasteiger partial charge in [-0.1, -0.05) is 32.0 Å². The summed E-state index contributed by atoms with van der Waals surface area (Å²) < 4.78 is 0. The average Bonchev–Trinajstić information content (AvgIpc) is 2.49. The maximum atomic E-state index is 12.1. The van der Waals surface area contributed by atoms with Gasteiger partial charge in [0, 0.05) is 5.69 Å². The number of aryl methyl sites for hydroxylation is 2. The van der Waals surface area contributed by atoms with Gasteiger partial charge < -0.3 is 10.6 Å². The summed E-state index contributed by atoms with van der Waals surface area (Å²) in [5.41, 5.74) is 2.84. The van der Waals surface area contributed by atoms with Crippen LogP contribution in [0, 0.1) is 13.8 Å². The molecule has 122 valence electrons. The monoisotopic (exact) mass is 305 g/mol. The van der Waals surface area contributed by atoms with Crippen molar-refractivity contribution in [3.8, 4) is 0 Å². The second-order valence-corrected chi connectivity index (χ2v) is 5.43. The molecule has 5 nitrogen and oxygen atoms in total. The Labute approximate surface area is 133 Å². The predicted octanol–water partition coefficient (Wildman–Crippen LogP) is 2.09. The van der Waals surface area contributed by atoms with Gasteiger partial charge in [-0.3, -0.25) is 14.5 Å². The Morgan fingerprint density at radius 1 is 1.14 bits per heavy atom. The molecule has 2 amide bonds. The minimum absolute atomic E-state index is 0.0157. The zero-order valence-electron chi connectivity index (χ0n) is 14.2. The van der Waals surface area contributed by atoms with Gasteiger partial charge in [0.15, 0.2) is 0 Å². The summed E-state index contributed by atoms with van der Waals surface area (Å²) in [6.07, 6.45) is 0. The zero-order chi connectivity index (χ0) is 16.7. The normalized spacial score (nSPS) is 12.1. The Kier molecular flexibility index (Phi) is 7.05. The van der Waals surface area contributed by atoms with E-state index in [1.165, 1.54) is 0 Å². The molecule has 0 saturated carbocycles. The molecule has 1 rings (SSSR count). The van der Waals surface area contributed by atoms with Crippen LogP contribution in [-0.2, 0) is 9.59 Å². The Morgan fingerprint density at radius 2 is 1.68 bits per heavy atom. The number of hydrogen-bond acceptors (Lipinski definition) is 3. The molecule has 0 fully saturated rings. The van der Waals surface area contributed by atoms with Crippen LogP contribution >= 0.6 is 0 Å². The number of carbonyl (C=O) groups excluding carboxylic acids is 2. The number of amides is 2. The van der Waals surface area contributed by atoms with Crippen molar-refractivity contribution in [2.45, 2.75) is 40.7 Å². The van der Waals surface area contributed by atoms with E-state index in [4.69, 9.17) is 0 Å². The first-order chi connectivity index (χ1) is 10.4. The lowest BCUT2D eigenvalue weighted by molar-refractivity contribution is -0.127. The number of likely N-dealkylation sites (N-methyl/N-ethyl adjacent to an activating group) is 1. The molecule has 0 aromatic heterocycles. The van der Waals surface area contributed by atoms with E-state index in [0.717, 1.165) is 29.9 Å². The van der Waals surface area contributed by atoms with E-state index in [0.29, 0.717) is 0 Å². The van der Waals surface area contributed by atoms with E-state index in [9.17, 15) is 9.59 Å². The lowest BCUT2D eigenvalue weighted by Gasteiger charge is -2.25. The van der Waals surface area contributed by atoms with Crippen molar-refractivity contribution in [2.24, 2.45) is 0 Å². The second-order valence-electron chi connectivity index (χ2n) is 5.43. The van der Waals surface area contributed by atoms with Crippen LogP contribution in [-0.4, -0.2) is 42.4 Å². The molecule has 0 spiro atoms. The summed E-state index contributed by atoms with van der Waals surface area (Å²) in [6, 6.07) is 5.62. The van der Waals surface area contributed by atoms with Gasteiger partial charge in [0.05, 0.1) is 12.6 Å². The Morgan fingerprint density at radius 3 is 2.18 bits per heavy atom. The van der Waals surface area contributed by atoms with Gasteiger partial charge in [-0.05, 0) is 45.0 Å². The van der Waals surface area contributed by atoms with Crippen LogP contribution in [0.3, 0.4) is 0 Å². The van der Waals surface area contributed by atoms with Crippen LogP contribution < -0.4 is 10.6 Å². The number of rotatable bonds is 7. The fourth-order valence-corrected chi connectivity index (χ4v) is 2.45. The van der Waals surface area contributed by atoms with Crippen LogP contribution in [0.1, 0.15) is 31.9 Å². The van der Waals surface area contributed by atoms with Crippen LogP contribution in [0.25, 0.3) is 0 Å². The number of anilines is 1. The van der Waals surface area contributed by atoms with E-state index in [2.05, 4.69) is 10.6 Å². The summed E-state index contributed by atoms with van der Waals surface area (Å²) in [5.74, 6) is -0.335. The largest absolute Gasteiger partial charge is 0.346 e. The number of nitrogens with zero attached hydrogens (tertiary/aromatic N) is 1. The molecule has 0 aliphatic rings. The predicted molar refractivity (Wildman–Crippen MR) is 89.9 cm³/mol. The molecule has 0 aliphatic carbocycles. The van der Waals surface area contributed by atoms with Crippen LogP contribution in [0.4, 0.5) is 5.69 Å². The van der Waals surface area contributed by atoms with Crippen molar-refractivity contribution < 1.29 is 9.59 Å². The maximum Gasteiger partial charge on any atom is 0.243 e. The smallest absolute Gasteiger partial charge is 0.243 e. The van der Waals surface area contributed by atoms with Crippen molar-refractivity contribution in [1.29, 1.82) is 0 Å². The molecule has 0 radical (unpaired) electrons. The second kappa shape index (κ2) is 8.54. The highest BCUT2D eigenvalue weighted by Crippen LogP contribution is 2.18. The Hall–Kier alpha value is -1.88. The van der Waals surface area contributed by atoms with Gasteiger partial charge in [0.25, 0.3) is 0 Å². The molecule has 1 atom stereocenters. The molecule has 0 bridgehead atoms. The number of para-hydroxylation sites is 1. The highest BCUT2D eigenvalue weighted by molar-refractivity contribution is 5.96. The number of hydrogen-bond donors (Lipinski definition) is 2. The minimum atomic E-state index is -0.233. The van der Waals surface area contributed by atoms with Gasteiger partial charge in [0.1, 0.15) is 0 Å². The van der Waals surface area contributed by atoms with Gasteiger partial charge >= 0.3 is 0 Å². The molecule has 0 heterocycles. The fourth-order valence-electron chi connectivity index (χ4n) is 2.45. The maximum absolute atomic E-state index is 12.1. The van der Waals surface area contributed by atoms with Crippen molar-refractivity contribution in [3.05, 3.63) is 29.3 Å². The molecule has 22 heavy (non-hydrogen) atoms. The van der Waals surface area contributed by atoms with E-state index < -0.39 is 0 Å². The lowest BCUT2D eigenvalue weighted by atomic mass is 10.1. The highest BCUT2D eigenvalue weighted by atomic mass is 16.2. The molecular weight excluding hydrogens is 278 g/mol. The third-order valence-electron chi connectivity index (χ3n) is 3.91. The third-order valence-corrected chi connectivity index (χ3v) is 3.91. The quantitative estimate of drug-likeness (QED) is 0.811. The molecule has 0 aliphatic heterocycles. The fraction of sp³-hybridized carbons (Fsp3) is 0.529. The highest BCUT2D eigenvalue weighted by Gasteiger charge is 2.19. The Balaban J connectivity index is 2.54. The van der Waals surface area contributed by atoms with Crippen molar-refractivity contribution >= 4 is 17.5 Å². The third kappa shape index (κ3) is 4.84. The number of carbonyl (C=O) groups is 2. The van der Waals surface area contributed by atoms with E-state index in [-0.39, 0.29) is 24.4 Å². The first kappa shape index (κ1) is 18.2. The van der Waals surface area contributed by atoms with Gasteiger partial charge in [0.2, 0.25) is 11.8 Å². The zero-order valence-corrected chi connectivity index (χ0v) is 14.2. The molecule has 5 heteroatoms. The number of benzene rings is 1. The lowest BCUT2D eigenvalue weighted by Crippen LogP contribution is -2.46. The topological polar surface area (TPSA) is 61.4 Å². The minimum Gasteiger partial charge on any atom is -0.346 e. The molecule has 0 saturated heterocycles. The average molecular weight is 305 g/mol. The SMILES string of the molecule is CCN(CC)C(C)C(=O)NCC(=O)Nc1c(C)cccc1C. The summed E-state index contributed by atoms with van der Waals surface area (Å²) in [7, 11) is 0. The van der Waals surface area contributed by atoms with Crippen LogP contribution in [0.5, 0.6) is 0 Å². The molecule has 1 aromatic rings. The van der Waals surface area contributed by atoms with Crippen molar-refractivity contribution in [1.82, 2.24) is 10.2 Å². The number of nitrogens with one attached hydrogen (secondary N) is 2. The molecule has 1 aromatic carbocycles. The first-order valence-corrected chi connectivity index (χ1v) is 7.78. The van der Waals surface area contributed by atoms with Gasteiger partial charge in [-0.15, -0.1) is 0 Å². The van der Waals surface area contributed by atoms with Gasteiger partial charge in [-0.25, -0.2) is 0 Å². The molecule has 2 N–H and O–H groups in total.